The fourth-order valence-electron chi connectivity index (χ4n) is 1.28. The van der Waals surface area contributed by atoms with Crippen LogP contribution in [0.1, 0.15) is 45.7 Å². The SMILES string of the molecule is CCCCC(C)(C)c1cnn[nH]1. The van der Waals surface area contributed by atoms with Gasteiger partial charge in [0.05, 0.1) is 11.9 Å². The molecule has 3 heteroatoms. The van der Waals surface area contributed by atoms with Crippen LogP contribution in [0.4, 0.5) is 0 Å². The van der Waals surface area contributed by atoms with Crippen LogP contribution in [-0.2, 0) is 5.41 Å². The summed E-state index contributed by atoms with van der Waals surface area (Å²) in [5.41, 5.74) is 1.33. The Morgan fingerprint density at radius 2 is 2.25 bits per heavy atom. The summed E-state index contributed by atoms with van der Waals surface area (Å²) in [6, 6.07) is 0. The van der Waals surface area contributed by atoms with Crippen molar-refractivity contribution in [1.82, 2.24) is 15.4 Å². The summed E-state index contributed by atoms with van der Waals surface area (Å²) in [5.74, 6) is 0. The van der Waals surface area contributed by atoms with Gasteiger partial charge in [-0.3, -0.25) is 5.10 Å². The molecule has 0 aromatic carbocycles. The molecule has 0 amide bonds. The molecule has 1 heterocycles. The van der Waals surface area contributed by atoms with Gasteiger partial charge in [0.25, 0.3) is 0 Å². The Hall–Kier alpha value is -0.860. The smallest absolute Gasteiger partial charge is 0.0728 e. The highest BCUT2D eigenvalue weighted by Gasteiger charge is 2.21. The van der Waals surface area contributed by atoms with Gasteiger partial charge in [0, 0.05) is 5.41 Å². The van der Waals surface area contributed by atoms with Crippen LogP contribution in [-0.4, -0.2) is 15.4 Å². The number of rotatable bonds is 4. The van der Waals surface area contributed by atoms with E-state index in [1.807, 2.05) is 6.20 Å². The predicted octanol–water partition coefficient (Wildman–Crippen LogP) is 2.27. The molecule has 0 atom stereocenters. The van der Waals surface area contributed by atoms with Gasteiger partial charge in [0.2, 0.25) is 0 Å². The molecule has 0 fully saturated rings. The fraction of sp³-hybridized carbons (Fsp3) is 0.778. The van der Waals surface area contributed by atoms with Gasteiger partial charge in [0.1, 0.15) is 0 Å². The standard InChI is InChI=1S/C9H17N3/c1-4-5-6-9(2,3)8-7-10-12-11-8/h7H,4-6H2,1-3H3,(H,10,11,12). The third kappa shape index (κ3) is 2.06. The lowest BCUT2D eigenvalue weighted by molar-refractivity contribution is 0.445. The van der Waals surface area contributed by atoms with Gasteiger partial charge in [-0.05, 0) is 6.42 Å². The van der Waals surface area contributed by atoms with Crippen molar-refractivity contribution in [2.75, 3.05) is 0 Å². The zero-order chi connectivity index (χ0) is 9.03. The summed E-state index contributed by atoms with van der Waals surface area (Å²) < 4.78 is 0. The second-order valence-electron chi connectivity index (χ2n) is 3.86. The highest BCUT2D eigenvalue weighted by atomic mass is 15.3. The summed E-state index contributed by atoms with van der Waals surface area (Å²) in [6.07, 6.45) is 5.50. The highest BCUT2D eigenvalue weighted by Crippen LogP contribution is 2.26. The van der Waals surface area contributed by atoms with Gasteiger partial charge in [-0.1, -0.05) is 38.8 Å². The van der Waals surface area contributed by atoms with Crippen molar-refractivity contribution in [3.63, 3.8) is 0 Å². The maximum Gasteiger partial charge on any atom is 0.0728 e. The average molecular weight is 167 g/mol. The van der Waals surface area contributed by atoms with E-state index in [4.69, 9.17) is 0 Å². The van der Waals surface area contributed by atoms with Crippen molar-refractivity contribution in [1.29, 1.82) is 0 Å². The van der Waals surface area contributed by atoms with E-state index >= 15 is 0 Å². The van der Waals surface area contributed by atoms with E-state index in [1.165, 1.54) is 19.3 Å². The number of nitrogens with zero attached hydrogens (tertiary/aromatic N) is 2. The van der Waals surface area contributed by atoms with E-state index in [9.17, 15) is 0 Å². The van der Waals surface area contributed by atoms with Gasteiger partial charge in [0.15, 0.2) is 0 Å². The number of nitrogens with one attached hydrogen (secondary N) is 1. The van der Waals surface area contributed by atoms with Crippen LogP contribution >= 0.6 is 0 Å². The Balaban J connectivity index is 2.59. The van der Waals surface area contributed by atoms with Gasteiger partial charge in [-0.15, -0.1) is 5.10 Å². The molecule has 0 aliphatic heterocycles. The minimum atomic E-state index is 0.194. The zero-order valence-corrected chi connectivity index (χ0v) is 8.09. The zero-order valence-electron chi connectivity index (χ0n) is 8.09. The third-order valence-corrected chi connectivity index (χ3v) is 2.30. The summed E-state index contributed by atoms with van der Waals surface area (Å²) in [7, 11) is 0. The summed E-state index contributed by atoms with van der Waals surface area (Å²) >= 11 is 0. The fourth-order valence-corrected chi connectivity index (χ4v) is 1.28. The first kappa shape index (κ1) is 9.23. The molecule has 0 aliphatic rings. The number of hydrogen-bond acceptors (Lipinski definition) is 2. The molecular formula is C9H17N3. The Kier molecular flexibility index (Phi) is 2.84. The molecule has 3 nitrogen and oxygen atoms in total. The average Bonchev–Trinajstić information content (AvgIpc) is 2.53. The first-order chi connectivity index (χ1) is 5.67. The van der Waals surface area contributed by atoms with Crippen molar-refractivity contribution in [2.45, 2.75) is 45.4 Å². The second-order valence-corrected chi connectivity index (χ2v) is 3.86. The van der Waals surface area contributed by atoms with Gasteiger partial charge in [-0.25, -0.2) is 0 Å². The Labute approximate surface area is 73.6 Å². The van der Waals surface area contributed by atoms with Crippen molar-refractivity contribution < 1.29 is 0 Å². The predicted molar refractivity (Wildman–Crippen MR) is 48.9 cm³/mol. The second kappa shape index (κ2) is 3.70. The number of H-pyrrole nitrogens is 1. The molecule has 1 aromatic heterocycles. The topological polar surface area (TPSA) is 41.6 Å². The number of unbranched alkanes of at least 4 members (excludes halogenated alkanes) is 1. The molecule has 0 saturated carbocycles. The van der Waals surface area contributed by atoms with E-state index in [1.54, 1.807) is 0 Å². The van der Waals surface area contributed by atoms with E-state index < -0.39 is 0 Å². The van der Waals surface area contributed by atoms with Crippen LogP contribution in [0.2, 0.25) is 0 Å². The Morgan fingerprint density at radius 1 is 1.50 bits per heavy atom. The van der Waals surface area contributed by atoms with Crippen LogP contribution in [0.25, 0.3) is 0 Å². The molecule has 1 N–H and O–H groups in total. The molecule has 0 radical (unpaired) electrons. The molecule has 0 bridgehead atoms. The monoisotopic (exact) mass is 167 g/mol. The quantitative estimate of drug-likeness (QED) is 0.747. The molecule has 0 aliphatic carbocycles. The first-order valence-electron chi connectivity index (χ1n) is 4.53. The largest absolute Gasteiger partial charge is 0.262 e. The molecule has 0 unspecified atom stereocenters. The molecule has 12 heavy (non-hydrogen) atoms. The maximum atomic E-state index is 3.79. The van der Waals surface area contributed by atoms with Crippen molar-refractivity contribution in [3.05, 3.63) is 11.9 Å². The van der Waals surface area contributed by atoms with Crippen LogP contribution in [0.15, 0.2) is 6.20 Å². The Morgan fingerprint density at radius 3 is 2.75 bits per heavy atom. The Bertz CT molecular complexity index is 214. The van der Waals surface area contributed by atoms with E-state index in [-0.39, 0.29) is 5.41 Å². The lowest BCUT2D eigenvalue weighted by Crippen LogP contribution is -2.17. The van der Waals surface area contributed by atoms with Crippen molar-refractivity contribution >= 4 is 0 Å². The first-order valence-corrected chi connectivity index (χ1v) is 4.53. The molecule has 1 aromatic rings. The maximum absolute atomic E-state index is 3.79. The van der Waals surface area contributed by atoms with Gasteiger partial charge >= 0.3 is 0 Å². The molecular weight excluding hydrogens is 150 g/mol. The lowest BCUT2D eigenvalue weighted by Gasteiger charge is -2.21. The number of aromatic amines is 1. The minimum Gasteiger partial charge on any atom is -0.262 e. The van der Waals surface area contributed by atoms with Crippen LogP contribution in [0, 0.1) is 0 Å². The molecule has 0 spiro atoms. The van der Waals surface area contributed by atoms with Crippen molar-refractivity contribution in [3.8, 4) is 0 Å². The van der Waals surface area contributed by atoms with Gasteiger partial charge in [-0.2, -0.15) is 0 Å². The lowest BCUT2D eigenvalue weighted by atomic mass is 9.84. The van der Waals surface area contributed by atoms with Crippen LogP contribution in [0.5, 0.6) is 0 Å². The molecule has 1 rings (SSSR count). The van der Waals surface area contributed by atoms with Gasteiger partial charge < -0.3 is 0 Å². The third-order valence-electron chi connectivity index (χ3n) is 2.30. The summed E-state index contributed by atoms with van der Waals surface area (Å²) in [5, 5.41) is 10.4. The molecule has 0 saturated heterocycles. The van der Waals surface area contributed by atoms with E-state index in [0.717, 1.165) is 5.69 Å². The van der Waals surface area contributed by atoms with E-state index in [0.29, 0.717) is 0 Å². The normalized spacial score (nSPS) is 11.9. The van der Waals surface area contributed by atoms with Crippen LogP contribution in [0.3, 0.4) is 0 Å². The number of hydrogen-bond donors (Lipinski definition) is 1. The number of aromatic nitrogens is 3. The minimum absolute atomic E-state index is 0.194. The van der Waals surface area contributed by atoms with Crippen molar-refractivity contribution in [2.24, 2.45) is 0 Å². The summed E-state index contributed by atoms with van der Waals surface area (Å²) in [4.78, 5) is 0. The van der Waals surface area contributed by atoms with Crippen LogP contribution < -0.4 is 0 Å². The van der Waals surface area contributed by atoms with E-state index in [2.05, 4.69) is 36.2 Å². The summed E-state index contributed by atoms with van der Waals surface area (Å²) in [6.45, 7) is 6.65. The molecule has 68 valence electrons. The highest BCUT2D eigenvalue weighted by molar-refractivity contribution is 5.07.